The van der Waals surface area contributed by atoms with E-state index in [9.17, 15) is 14.9 Å². The number of carbonyl (C=O) groups is 1. The second-order valence-electron chi connectivity index (χ2n) is 6.09. The van der Waals surface area contributed by atoms with Gasteiger partial charge in [0.05, 0.1) is 27.2 Å². The van der Waals surface area contributed by atoms with E-state index in [1.165, 1.54) is 12.1 Å². The SMILES string of the molecule is CCCNC(=O)CN1CCC(Nc2c(Cl)cc([N+](=O)[O-])cc2Cl)CC1. The molecule has 0 spiro atoms. The van der Waals surface area contributed by atoms with Crippen molar-refractivity contribution in [1.29, 1.82) is 0 Å². The molecule has 1 aliphatic heterocycles. The van der Waals surface area contributed by atoms with Crippen molar-refractivity contribution < 1.29 is 9.72 Å². The highest BCUT2D eigenvalue weighted by Gasteiger charge is 2.23. The maximum Gasteiger partial charge on any atom is 0.272 e. The molecular formula is C16H22Cl2N4O3. The summed E-state index contributed by atoms with van der Waals surface area (Å²) in [6, 6.07) is 2.75. The second kappa shape index (κ2) is 9.22. The van der Waals surface area contributed by atoms with E-state index >= 15 is 0 Å². The van der Waals surface area contributed by atoms with Crippen LogP contribution in [0, 0.1) is 10.1 Å². The average molecular weight is 389 g/mol. The molecule has 0 atom stereocenters. The Hall–Kier alpha value is -1.57. The molecular weight excluding hydrogens is 367 g/mol. The van der Waals surface area contributed by atoms with Gasteiger partial charge in [-0.2, -0.15) is 0 Å². The number of hydrogen-bond acceptors (Lipinski definition) is 5. The number of nitro groups is 1. The first-order chi connectivity index (χ1) is 11.9. The molecule has 0 unspecified atom stereocenters. The second-order valence-corrected chi connectivity index (χ2v) is 6.90. The fourth-order valence-electron chi connectivity index (χ4n) is 2.77. The predicted octanol–water partition coefficient (Wildman–Crippen LogP) is 3.30. The van der Waals surface area contributed by atoms with Crippen molar-refractivity contribution in [3.05, 3.63) is 32.3 Å². The molecule has 0 saturated carbocycles. The number of likely N-dealkylation sites (tertiary alicyclic amines) is 1. The number of nitrogens with zero attached hydrogens (tertiary/aromatic N) is 2. The van der Waals surface area contributed by atoms with E-state index < -0.39 is 4.92 Å². The zero-order chi connectivity index (χ0) is 18.4. The Balaban J connectivity index is 1.88. The van der Waals surface area contributed by atoms with Crippen molar-refractivity contribution in [1.82, 2.24) is 10.2 Å². The van der Waals surface area contributed by atoms with Crippen molar-refractivity contribution in [2.75, 3.05) is 31.5 Å². The third kappa shape index (κ3) is 5.73. The highest BCUT2D eigenvalue weighted by molar-refractivity contribution is 6.39. The molecule has 0 aliphatic carbocycles. The van der Waals surface area contributed by atoms with E-state index in [-0.39, 0.29) is 27.7 Å². The lowest BCUT2D eigenvalue weighted by atomic mass is 10.0. The van der Waals surface area contributed by atoms with Crippen LogP contribution in [-0.2, 0) is 4.79 Å². The number of benzene rings is 1. The van der Waals surface area contributed by atoms with E-state index in [4.69, 9.17) is 23.2 Å². The van der Waals surface area contributed by atoms with Gasteiger partial charge >= 0.3 is 0 Å². The van der Waals surface area contributed by atoms with Gasteiger partial charge in [0, 0.05) is 37.8 Å². The molecule has 1 heterocycles. The molecule has 1 aromatic carbocycles. The number of carbonyl (C=O) groups excluding carboxylic acids is 1. The summed E-state index contributed by atoms with van der Waals surface area (Å²) in [6.45, 7) is 4.71. The van der Waals surface area contributed by atoms with Crippen LogP contribution in [0.25, 0.3) is 0 Å². The third-order valence-corrected chi connectivity index (χ3v) is 4.71. The molecule has 0 bridgehead atoms. The van der Waals surface area contributed by atoms with Gasteiger partial charge in [-0.3, -0.25) is 19.8 Å². The number of rotatable bonds is 7. The van der Waals surface area contributed by atoms with Gasteiger partial charge in [0.15, 0.2) is 0 Å². The van der Waals surface area contributed by atoms with Crippen molar-refractivity contribution in [2.24, 2.45) is 0 Å². The molecule has 25 heavy (non-hydrogen) atoms. The minimum atomic E-state index is -0.524. The van der Waals surface area contributed by atoms with Gasteiger partial charge in [-0.15, -0.1) is 0 Å². The molecule has 1 fully saturated rings. The van der Waals surface area contributed by atoms with Crippen LogP contribution >= 0.6 is 23.2 Å². The van der Waals surface area contributed by atoms with Crippen molar-refractivity contribution in [3.8, 4) is 0 Å². The van der Waals surface area contributed by atoms with Gasteiger partial charge in [-0.1, -0.05) is 30.1 Å². The molecule has 1 aromatic rings. The van der Waals surface area contributed by atoms with Crippen LogP contribution in [0.4, 0.5) is 11.4 Å². The zero-order valence-corrected chi connectivity index (χ0v) is 15.6. The van der Waals surface area contributed by atoms with Gasteiger partial charge in [0.25, 0.3) is 5.69 Å². The minimum absolute atomic E-state index is 0.0507. The smallest absolute Gasteiger partial charge is 0.272 e. The van der Waals surface area contributed by atoms with E-state index in [0.29, 0.717) is 18.8 Å². The topological polar surface area (TPSA) is 87.5 Å². The van der Waals surface area contributed by atoms with Crippen LogP contribution < -0.4 is 10.6 Å². The summed E-state index contributed by atoms with van der Waals surface area (Å²) in [5, 5.41) is 17.5. The number of piperidine rings is 1. The molecule has 1 saturated heterocycles. The quantitative estimate of drug-likeness (QED) is 0.552. The molecule has 1 aliphatic rings. The first-order valence-electron chi connectivity index (χ1n) is 8.29. The monoisotopic (exact) mass is 388 g/mol. The Morgan fingerprint density at radius 3 is 2.44 bits per heavy atom. The highest BCUT2D eigenvalue weighted by Crippen LogP contribution is 2.35. The van der Waals surface area contributed by atoms with Crippen LogP contribution in [0.5, 0.6) is 0 Å². The van der Waals surface area contributed by atoms with Crippen LogP contribution in [0.2, 0.25) is 10.0 Å². The zero-order valence-electron chi connectivity index (χ0n) is 14.1. The van der Waals surface area contributed by atoms with E-state index in [2.05, 4.69) is 15.5 Å². The molecule has 2 rings (SSSR count). The van der Waals surface area contributed by atoms with E-state index in [1.807, 2.05) is 6.92 Å². The largest absolute Gasteiger partial charge is 0.380 e. The van der Waals surface area contributed by atoms with Crippen LogP contribution in [-0.4, -0.2) is 48.0 Å². The van der Waals surface area contributed by atoms with E-state index in [0.717, 1.165) is 32.4 Å². The molecule has 9 heteroatoms. The van der Waals surface area contributed by atoms with Crippen LogP contribution in [0.3, 0.4) is 0 Å². The summed E-state index contributed by atoms with van der Waals surface area (Å²) in [7, 11) is 0. The molecule has 1 amide bonds. The average Bonchev–Trinajstić information content (AvgIpc) is 2.57. The number of amides is 1. The third-order valence-electron chi connectivity index (χ3n) is 4.11. The molecule has 7 nitrogen and oxygen atoms in total. The first-order valence-corrected chi connectivity index (χ1v) is 9.05. The number of anilines is 1. The van der Waals surface area contributed by atoms with Crippen molar-refractivity contribution in [3.63, 3.8) is 0 Å². The maximum atomic E-state index is 11.8. The standard InChI is InChI=1S/C16H22Cl2N4O3/c1-2-5-19-15(23)10-21-6-3-11(4-7-21)20-16-13(17)8-12(22(24)25)9-14(16)18/h8-9,11,20H,2-7,10H2,1H3,(H,19,23). The summed E-state index contributed by atoms with van der Waals surface area (Å²) >= 11 is 12.3. The highest BCUT2D eigenvalue weighted by atomic mass is 35.5. The normalized spacial score (nSPS) is 15.8. The fourth-order valence-corrected chi connectivity index (χ4v) is 3.35. The van der Waals surface area contributed by atoms with Gasteiger partial charge in [0.2, 0.25) is 5.91 Å². The number of nitro benzene ring substituents is 1. The van der Waals surface area contributed by atoms with Gasteiger partial charge in [-0.25, -0.2) is 0 Å². The maximum absolute atomic E-state index is 11.8. The minimum Gasteiger partial charge on any atom is -0.380 e. The molecule has 138 valence electrons. The van der Waals surface area contributed by atoms with E-state index in [1.54, 1.807) is 0 Å². The Morgan fingerprint density at radius 2 is 1.92 bits per heavy atom. The van der Waals surface area contributed by atoms with Crippen LogP contribution in [0.1, 0.15) is 26.2 Å². The summed E-state index contributed by atoms with van der Waals surface area (Å²) in [4.78, 5) is 24.2. The molecule has 0 aromatic heterocycles. The predicted molar refractivity (Wildman–Crippen MR) is 99.5 cm³/mol. The van der Waals surface area contributed by atoms with Crippen molar-refractivity contribution in [2.45, 2.75) is 32.2 Å². The summed E-state index contributed by atoms with van der Waals surface area (Å²) in [5.74, 6) is 0.0507. The Bertz CT molecular complexity index is 611. The number of non-ortho nitro benzene ring substituents is 1. The number of nitrogens with one attached hydrogen (secondary N) is 2. The Labute approximate surface area is 156 Å². The molecule has 2 N–H and O–H groups in total. The number of halogens is 2. The van der Waals surface area contributed by atoms with Gasteiger partial charge in [-0.05, 0) is 19.3 Å². The molecule has 0 radical (unpaired) electrons. The lowest BCUT2D eigenvalue weighted by Crippen LogP contribution is -2.44. The lowest BCUT2D eigenvalue weighted by Gasteiger charge is -2.32. The van der Waals surface area contributed by atoms with Crippen LogP contribution in [0.15, 0.2) is 12.1 Å². The van der Waals surface area contributed by atoms with Gasteiger partial charge in [0.1, 0.15) is 0 Å². The summed E-state index contributed by atoms with van der Waals surface area (Å²) in [5.41, 5.74) is 0.390. The van der Waals surface area contributed by atoms with Gasteiger partial charge < -0.3 is 10.6 Å². The van der Waals surface area contributed by atoms with Crippen molar-refractivity contribution >= 4 is 40.5 Å². The summed E-state index contributed by atoms with van der Waals surface area (Å²) < 4.78 is 0. The summed E-state index contributed by atoms with van der Waals surface area (Å²) in [6.07, 6.45) is 2.60. The Morgan fingerprint density at radius 1 is 1.32 bits per heavy atom. The Kier molecular flexibility index (Phi) is 7.28. The fraction of sp³-hybridized carbons (Fsp3) is 0.562. The first kappa shape index (κ1) is 19.8. The number of hydrogen-bond donors (Lipinski definition) is 2. The lowest BCUT2D eigenvalue weighted by molar-refractivity contribution is -0.384.